The molecule has 0 radical (unpaired) electrons. The van der Waals surface area contributed by atoms with Crippen LogP contribution in [0.15, 0.2) is 70.9 Å². The zero-order valence-corrected chi connectivity index (χ0v) is 20.2. The average Bonchev–Trinajstić information content (AvgIpc) is 3.25. The van der Waals surface area contributed by atoms with Crippen LogP contribution in [0.5, 0.6) is 0 Å². The summed E-state index contributed by atoms with van der Waals surface area (Å²) in [5.74, 6) is -0.316. The summed E-state index contributed by atoms with van der Waals surface area (Å²) in [6.45, 7) is 8.36. The maximum Gasteiger partial charge on any atom is 0.133 e. The van der Waals surface area contributed by atoms with Crippen LogP contribution in [0.4, 0.5) is 21.5 Å². The van der Waals surface area contributed by atoms with Crippen molar-refractivity contribution in [1.82, 2.24) is 4.98 Å². The number of halogens is 1. The number of unbranched alkanes of at least 4 members (excludes halogenated alkanes) is 1. The minimum Gasteiger partial charge on any atom is -0.372 e. The van der Waals surface area contributed by atoms with Gasteiger partial charge in [-0.05, 0) is 80.8 Å². The summed E-state index contributed by atoms with van der Waals surface area (Å²) < 4.78 is 16.1. The summed E-state index contributed by atoms with van der Waals surface area (Å²) in [5, 5.41) is 9.64. The molecule has 0 amide bonds. The molecule has 33 heavy (non-hydrogen) atoms. The van der Waals surface area contributed by atoms with E-state index in [4.69, 9.17) is 4.98 Å². The van der Waals surface area contributed by atoms with Crippen molar-refractivity contribution in [2.75, 3.05) is 18.0 Å². The number of nitrogens with zero attached hydrogens (tertiary/aromatic N) is 4. The molecule has 0 spiro atoms. The lowest BCUT2D eigenvalue weighted by molar-refractivity contribution is 0.631. The zero-order chi connectivity index (χ0) is 23.2. The first kappa shape index (κ1) is 23.1. The van der Waals surface area contributed by atoms with Crippen molar-refractivity contribution < 1.29 is 4.39 Å². The van der Waals surface area contributed by atoms with Gasteiger partial charge in [-0.25, -0.2) is 9.37 Å². The van der Waals surface area contributed by atoms with Crippen LogP contribution in [-0.2, 0) is 6.42 Å². The van der Waals surface area contributed by atoms with E-state index in [0.29, 0.717) is 11.3 Å². The van der Waals surface area contributed by atoms with Crippen molar-refractivity contribution >= 4 is 38.6 Å². The molecule has 4 aromatic rings. The number of aromatic nitrogens is 1. The van der Waals surface area contributed by atoms with Crippen LogP contribution < -0.4 is 4.90 Å². The Balaban J connectivity index is 1.51. The van der Waals surface area contributed by atoms with Gasteiger partial charge in [0.05, 0.1) is 26.6 Å². The minimum atomic E-state index is -0.316. The number of hydrogen-bond donors (Lipinski definition) is 0. The lowest BCUT2D eigenvalue weighted by Crippen LogP contribution is -2.21. The first-order chi connectivity index (χ1) is 16.1. The Kier molecular flexibility index (Phi) is 7.45. The first-order valence-corrected chi connectivity index (χ1v) is 12.4. The van der Waals surface area contributed by atoms with Crippen molar-refractivity contribution in [2.45, 2.75) is 40.0 Å². The van der Waals surface area contributed by atoms with E-state index in [9.17, 15) is 4.39 Å². The van der Waals surface area contributed by atoms with Gasteiger partial charge in [0.15, 0.2) is 0 Å². The largest absolute Gasteiger partial charge is 0.372 e. The second-order valence-corrected chi connectivity index (χ2v) is 9.06. The molecule has 1 aromatic heterocycles. The summed E-state index contributed by atoms with van der Waals surface area (Å²) in [5.41, 5.74) is 4.68. The number of fused-ring (bicyclic) bond motifs is 1. The molecule has 6 heteroatoms. The normalized spacial score (nSPS) is 11.5. The molecule has 0 saturated heterocycles. The van der Waals surface area contributed by atoms with Crippen LogP contribution in [0.2, 0.25) is 0 Å². The molecule has 4 nitrogen and oxygen atoms in total. The predicted octanol–water partition coefficient (Wildman–Crippen LogP) is 8.71. The van der Waals surface area contributed by atoms with Gasteiger partial charge in [-0.3, -0.25) is 0 Å². The van der Waals surface area contributed by atoms with E-state index in [2.05, 4.69) is 35.9 Å². The predicted molar refractivity (Wildman–Crippen MR) is 138 cm³/mol. The van der Waals surface area contributed by atoms with E-state index in [0.717, 1.165) is 64.5 Å². The number of hydrogen-bond acceptors (Lipinski definition) is 5. The summed E-state index contributed by atoms with van der Waals surface area (Å²) in [7, 11) is 0. The number of aryl methyl sites for hydroxylation is 1. The third-order valence-electron chi connectivity index (χ3n) is 5.70. The molecule has 0 aliphatic carbocycles. The maximum atomic E-state index is 14.9. The number of benzene rings is 3. The summed E-state index contributed by atoms with van der Waals surface area (Å²) in [4.78, 5) is 7.00. The van der Waals surface area contributed by atoms with E-state index >= 15 is 0 Å². The summed E-state index contributed by atoms with van der Waals surface area (Å²) in [6.07, 6.45) is 3.28. The Morgan fingerprint density at radius 1 is 0.879 bits per heavy atom. The van der Waals surface area contributed by atoms with Crippen molar-refractivity contribution in [1.29, 1.82) is 0 Å². The lowest BCUT2D eigenvalue weighted by Gasteiger charge is -2.20. The van der Waals surface area contributed by atoms with E-state index in [1.54, 1.807) is 23.5 Å². The molecular formula is C27H29FN4S. The molecule has 3 aromatic carbocycles. The number of anilines is 1. The third-order valence-corrected chi connectivity index (χ3v) is 6.80. The van der Waals surface area contributed by atoms with Crippen LogP contribution in [0.1, 0.15) is 38.6 Å². The Hall–Kier alpha value is -3.12. The van der Waals surface area contributed by atoms with Gasteiger partial charge < -0.3 is 4.90 Å². The van der Waals surface area contributed by atoms with E-state index < -0.39 is 0 Å². The lowest BCUT2D eigenvalue weighted by atomic mass is 10.0. The standard InChI is InChI=1S/C27H29FN4S/c1-4-7-8-27-29-25-17-19(9-16-26(25)33-27)23-15-12-21(18-24(23)28)31-30-20-10-13-22(14-11-20)32(5-2)6-3/h9-18H,4-8H2,1-3H3. The highest BCUT2D eigenvalue weighted by Crippen LogP contribution is 2.32. The van der Waals surface area contributed by atoms with Crippen molar-refractivity contribution in [3.8, 4) is 11.1 Å². The smallest absolute Gasteiger partial charge is 0.133 e. The van der Waals surface area contributed by atoms with Crippen LogP contribution in [0, 0.1) is 5.82 Å². The fraction of sp³-hybridized carbons (Fsp3) is 0.296. The molecular weight excluding hydrogens is 431 g/mol. The quantitative estimate of drug-likeness (QED) is 0.234. The summed E-state index contributed by atoms with van der Waals surface area (Å²) >= 11 is 1.72. The van der Waals surface area contributed by atoms with Gasteiger partial charge >= 0.3 is 0 Å². The number of azo groups is 1. The highest BCUT2D eigenvalue weighted by Gasteiger charge is 2.10. The van der Waals surface area contributed by atoms with Gasteiger partial charge in [-0.15, -0.1) is 11.3 Å². The van der Waals surface area contributed by atoms with E-state index in [1.807, 2.05) is 42.5 Å². The molecule has 0 N–H and O–H groups in total. The van der Waals surface area contributed by atoms with E-state index in [-0.39, 0.29) is 5.82 Å². The second-order valence-electron chi connectivity index (χ2n) is 7.95. The van der Waals surface area contributed by atoms with Crippen LogP contribution in [-0.4, -0.2) is 18.1 Å². The molecule has 4 rings (SSSR count). The molecule has 0 saturated carbocycles. The average molecular weight is 461 g/mol. The van der Waals surface area contributed by atoms with Gasteiger partial charge in [0, 0.05) is 30.4 Å². The molecule has 170 valence electrons. The second kappa shape index (κ2) is 10.7. The fourth-order valence-corrected chi connectivity index (χ4v) is 4.80. The molecule has 1 heterocycles. The minimum absolute atomic E-state index is 0.316. The Morgan fingerprint density at radius 2 is 1.61 bits per heavy atom. The molecule has 0 fully saturated rings. The maximum absolute atomic E-state index is 14.9. The van der Waals surface area contributed by atoms with Gasteiger partial charge in [0.2, 0.25) is 0 Å². The third kappa shape index (κ3) is 5.45. The van der Waals surface area contributed by atoms with E-state index in [1.165, 1.54) is 6.07 Å². The fourth-order valence-electron chi connectivity index (χ4n) is 3.81. The molecule has 0 aliphatic heterocycles. The SMILES string of the molecule is CCCCc1nc2cc(-c3ccc(N=Nc4ccc(N(CC)CC)cc4)cc3F)ccc2s1. The van der Waals surface area contributed by atoms with Crippen LogP contribution >= 0.6 is 11.3 Å². The summed E-state index contributed by atoms with van der Waals surface area (Å²) in [6, 6.07) is 18.9. The van der Waals surface area contributed by atoms with Gasteiger partial charge in [-0.2, -0.15) is 10.2 Å². The van der Waals surface area contributed by atoms with Gasteiger partial charge in [-0.1, -0.05) is 19.4 Å². The van der Waals surface area contributed by atoms with Crippen molar-refractivity contribution in [2.24, 2.45) is 10.2 Å². The highest BCUT2D eigenvalue weighted by molar-refractivity contribution is 7.18. The zero-order valence-electron chi connectivity index (χ0n) is 19.4. The molecule has 0 aliphatic rings. The van der Waals surface area contributed by atoms with Gasteiger partial charge in [0.25, 0.3) is 0 Å². The molecule has 0 atom stereocenters. The highest BCUT2D eigenvalue weighted by atomic mass is 32.1. The first-order valence-electron chi connectivity index (χ1n) is 11.6. The topological polar surface area (TPSA) is 40.9 Å². The number of rotatable bonds is 9. The monoisotopic (exact) mass is 460 g/mol. The van der Waals surface area contributed by atoms with Gasteiger partial charge in [0.1, 0.15) is 5.82 Å². The molecule has 0 bridgehead atoms. The molecule has 0 unspecified atom stereocenters. The Morgan fingerprint density at radius 3 is 2.30 bits per heavy atom. The Bertz CT molecular complexity index is 1240. The van der Waals surface area contributed by atoms with Crippen molar-refractivity contribution in [3.05, 3.63) is 71.5 Å². The Labute approximate surface area is 198 Å². The van der Waals surface area contributed by atoms with Crippen LogP contribution in [0.3, 0.4) is 0 Å². The number of thiazole rings is 1. The van der Waals surface area contributed by atoms with Crippen LogP contribution in [0.25, 0.3) is 21.3 Å². The van der Waals surface area contributed by atoms with Crippen molar-refractivity contribution in [3.63, 3.8) is 0 Å².